The van der Waals surface area contributed by atoms with Gasteiger partial charge in [0, 0.05) is 6.42 Å². The number of unbranched alkanes of at least 4 members (excludes halogenated alkanes) is 12. The minimum absolute atomic E-state index is 0.134. The zero-order valence-corrected chi connectivity index (χ0v) is 27.6. The van der Waals surface area contributed by atoms with Crippen molar-refractivity contribution in [2.24, 2.45) is 0 Å². The van der Waals surface area contributed by atoms with E-state index in [0.717, 1.165) is 12.8 Å². The standard InChI is InChI=1S/C33H64O10/c1-3-5-6-7-8-9-10-11-12-13-14-15-16-17-32(34)43-31-30-41-29-28-40-27-26-39-25-24-38-23-22-37-21-20-36-19-18-33(35)42-4-2/h3-31H2,1-2H3. The van der Waals surface area contributed by atoms with Gasteiger partial charge in [-0.25, -0.2) is 0 Å². The largest absolute Gasteiger partial charge is 0.466 e. The maximum atomic E-state index is 11.8. The third-order valence-corrected chi connectivity index (χ3v) is 6.59. The van der Waals surface area contributed by atoms with Crippen LogP contribution >= 0.6 is 0 Å². The van der Waals surface area contributed by atoms with Crippen molar-refractivity contribution in [3.8, 4) is 0 Å². The van der Waals surface area contributed by atoms with Crippen molar-refractivity contribution in [2.45, 2.75) is 110 Å². The summed E-state index contributed by atoms with van der Waals surface area (Å²) in [6, 6.07) is 0. The van der Waals surface area contributed by atoms with Crippen LogP contribution in [0.25, 0.3) is 0 Å². The Labute approximate surface area is 262 Å². The van der Waals surface area contributed by atoms with Crippen LogP contribution in [-0.2, 0) is 47.5 Å². The quantitative estimate of drug-likeness (QED) is 0.0605. The monoisotopic (exact) mass is 620 g/mol. The first kappa shape index (κ1) is 41.7. The molecule has 0 heterocycles. The molecule has 10 heteroatoms. The van der Waals surface area contributed by atoms with Gasteiger partial charge < -0.3 is 37.9 Å². The van der Waals surface area contributed by atoms with Gasteiger partial charge in [-0.05, 0) is 13.3 Å². The minimum Gasteiger partial charge on any atom is -0.466 e. The summed E-state index contributed by atoms with van der Waals surface area (Å²) in [5.41, 5.74) is 0. The van der Waals surface area contributed by atoms with Crippen LogP contribution in [0.5, 0.6) is 0 Å². The number of esters is 2. The third kappa shape index (κ3) is 36.8. The molecule has 0 aromatic heterocycles. The fraction of sp³-hybridized carbons (Fsp3) is 0.939. The lowest BCUT2D eigenvalue weighted by Gasteiger charge is -2.08. The maximum absolute atomic E-state index is 11.8. The molecule has 0 saturated carbocycles. The van der Waals surface area contributed by atoms with Crippen LogP contribution in [0.1, 0.15) is 110 Å². The van der Waals surface area contributed by atoms with Crippen molar-refractivity contribution < 1.29 is 47.5 Å². The second-order valence-corrected chi connectivity index (χ2v) is 10.4. The Bertz CT molecular complexity index is 576. The first-order valence-electron chi connectivity index (χ1n) is 17.0. The molecule has 0 aliphatic heterocycles. The summed E-state index contributed by atoms with van der Waals surface area (Å²) in [5.74, 6) is -0.383. The predicted molar refractivity (Wildman–Crippen MR) is 167 cm³/mol. The van der Waals surface area contributed by atoms with E-state index in [0.29, 0.717) is 92.3 Å². The van der Waals surface area contributed by atoms with Crippen molar-refractivity contribution in [3.05, 3.63) is 0 Å². The van der Waals surface area contributed by atoms with Crippen LogP contribution in [0.4, 0.5) is 0 Å². The topological polar surface area (TPSA) is 108 Å². The summed E-state index contributed by atoms with van der Waals surface area (Å²) >= 11 is 0. The Morgan fingerprint density at radius 3 is 1.07 bits per heavy atom. The maximum Gasteiger partial charge on any atom is 0.308 e. The Balaban J connectivity index is 3.15. The molecular formula is C33H64O10. The summed E-state index contributed by atoms with van der Waals surface area (Å²) in [6.07, 6.45) is 17.6. The van der Waals surface area contributed by atoms with E-state index in [1.807, 2.05) is 0 Å². The van der Waals surface area contributed by atoms with Crippen LogP contribution < -0.4 is 0 Å². The first-order valence-corrected chi connectivity index (χ1v) is 17.0. The van der Waals surface area contributed by atoms with E-state index < -0.39 is 0 Å². The van der Waals surface area contributed by atoms with Gasteiger partial charge in [0.05, 0.1) is 92.3 Å². The molecule has 0 fully saturated rings. The van der Waals surface area contributed by atoms with Crippen LogP contribution in [0.2, 0.25) is 0 Å². The van der Waals surface area contributed by atoms with Crippen LogP contribution in [0.3, 0.4) is 0 Å². The predicted octanol–water partition coefficient (Wildman–Crippen LogP) is 6.06. The lowest BCUT2D eigenvalue weighted by atomic mass is 10.0. The molecule has 0 bridgehead atoms. The van der Waals surface area contributed by atoms with Gasteiger partial charge in [0.1, 0.15) is 6.61 Å². The van der Waals surface area contributed by atoms with E-state index >= 15 is 0 Å². The summed E-state index contributed by atoms with van der Waals surface area (Å²) in [5, 5.41) is 0. The van der Waals surface area contributed by atoms with Gasteiger partial charge in [0.2, 0.25) is 0 Å². The normalized spacial score (nSPS) is 11.2. The molecule has 0 amide bonds. The molecule has 0 saturated heterocycles. The molecule has 0 radical (unpaired) electrons. The van der Waals surface area contributed by atoms with Crippen LogP contribution in [0.15, 0.2) is 0 Å². The molecule has 0 aliphatic carbocycles. The molecular weight excluding hydrogens is 556 g/mol. The van der Waals surface area contributed by atoms with Crippen molar-refractivity contribution in [3.63, 3.8) is 0 Å². The highest BCUT2D eigenvalue weighted by atomic mass is 16.6. The highest BCUT2D eigenvalue weighted by Crippen LogP contribution is 2.13. The van der Waals surface area contributed by atoms with Gasteiger partial charge in [-0.15, -0.1) is 0 Å². The number of rotatable bonds is 36. The first-order chi connectivity index (χ1) is 21.2. The molecule has 43 heavy (non-hydrogen) atoms. The average Bonchev–Trinajstić information content (AvgIpc) is 3.00. The van der Waals surface area contributed by atoms with Crippen molar-refractivity contribution in [1.29, 1.82) is 0 Å². The summed E-state index contributed by atoms with van der Waals surface area (Å²) < 4.78 is 42.5. The lowest BCUT2D eigenvalue weighted by Crippen LogP contribution is -2.15. The van der Waals surface area contributed by atoms with Crippen LogP contribution in [-0.4, -0.2) is 104 Å². The molecule has 0 aromatic carbocycles. The van der Waals surface area contributed by atoms with Gasteiger partial charge in [-0.3, -0.25) is 9.59 Å². The van der Waals surface area contributed by atoms with Gasteiger partial charge >= 0.3 is 11.9 Å². The zero-order chi connectivity index (χ0) is 31.3. The second-order valence-electron chi connectivity index (χ2n) is 10.4. The summed E-state index contributed by atoms with van der Waals surface area (Å²) in [7, 11) is 0. The van der Waals surface area contributed by atoms with Crippen molar-refractivity contribution in [2.75, 3.05) is 92.5 Å². The lowest BCUT2D eigenvalue weighted by molar-refractivity contribution is -0.146. The fourth-order valence-corrected chi connectivity index (χ4v) is 4.16. The van der Waals surface area contributed by atoms with E-state index in [9.17, 15) is 9.59 Å². The molecule has 0 aliphatic rings. The van der Waals surface area contributed by atoms with E-state index in [1.54, 1.807) is 6.92 Å². The number of carbonyl (C=O) groups excluding carboxylic acids is 2. The SMILES string of the molecule is CCCCCCCCCCCCCCCC(=O)OCCOCCOCCOCCOCCOCCOCCC(=O)OCC. The van der Waals surface area contributed by atoms with E-state index in [4.69, 9.17) is 37.9 Å². The molecule has 10 nitrogen and oxygen atoms in total. The Hall–Kier alpha value is -1.30. The third-order valence-electron chi connectivity index (χ3n) is 6.59. The fourth-order valence-electron chi connectivity index (χ4n) is 4.16. The van der Waals surface area contributed by atoms with Crippen molar-refractivity contribution >= 4 is 11.9 Å². The van der Waals surface area contributed by atoms with Gasteiger partial charge in [0.25, 0.3) is 0 Å². The Kier molecular flexibility index (Phi) is 35.8. The molecule has 0 aromatic rings. The zero-order valence-electron chi connectivity index (χ0n) is 27.6. The number of ether oxygens (including phenoxy) is 8. The molecule has 0 rings (SSSR count). The molecule has 0 unspecified atom stereocenters. The highest BCUT2D eigenvalue weighted by Gasteiger charge is 2.03. The average molecular weight is 621 g/mol. The van der Waals surface area contributed by atoms with Gasteiger partial charge in [0.15, 0.2) is 0 Å². The van der Waals surface area contributed by atoms with Gasteiger partial charge in [-0.2, -0.15) is 0 Å². The number of hydrogen-bond acceptors (Lipinski definition) is 10. The van der Waals surface area contributed by atoms with E-state index in [2.05, 4.69) is 6.92 Å². The van der Waals surface area contributed by atoms with E-state index in [-0.39, 0.29) is 25.0 Å². The van der Waals surface area contributed by atoms with Crippen LogP contribution in [0, 0.1) is 0 Å². The smallest absolute Gasteiger partial charge is 0.308 e. The summed E-state index contributed by atoms with van der Waals surface area (Å²) in [6.45, 7) is 10.1. The Morgan fingerprint density at radius 2 is 0.674 bits per heavy atom. The van der Waals surface area contributed by atoms with Gasteiger partial charge in [-0.1, -0.05) is 84.0 Å². The number of carbonyl (C=O) groups is 2. The molecule has 0 spiro atoms. The minimum atomic E-state index is -0.249. The second kappa shape index (κ2) is 36.9. The van der Waals surface area contributed by atoms with Crippen molar-refractivity contribution in [1.82, 2.24) is 0 Å². The molecule has 0 N–H and O–H groups in total. The highest BCUT2D eigenvalue weighted by molar-refractivity contribution is 5.69. The van der Waals surface area contributed by atoms with E-state index in [1.165, 1.54) is 70.6 Å². The molecule has 256 valence electrons. The number of hydrogen-bond donors (Lipinski definition) is 0. The molecule has 0 atom stereocenters. The summed E-state index contributed by atoms with van der Waals surface area (Å²) in [4.78, 5) is 23.0. The Morgan fingerprint density at radius 1 is 0.349 bits per heavy atom.